The normalized spacial score (nSPS) is 48.2. The highest BCUT2D eigenvalue weighted by Crippen LogP contribution is 2.42. The van der Waals surface area contributed by atoms with Gasteiger partial charge in [0.1, 0.15) is 6.17 Å². The average molecular weight is 173 g/mol. The minimum Gasteiger partial charge on any atom is -0.394 e. The minimum atomic E-state index is -0.722. The van der Waals surface area contributed by atoms with Gasteiger partial charge in [0.15, 0.2) is 0 Å². The summed E-state index contributed by atoms with van der Waals surface area (Å²) in [4.78, 5) is 2.15. The van der Waals surface area contributed by atoms with E-state index in [1.807, 2.05) is 0 Å². The van der Waals surface area contributed by atoms with Crippen LogP contribution in [-0.2, 0) is 0 Å². The van der Waals surface area contributed by atoms with Gasteiger partial charge >= 0.3 is 0 Å². The summed E-state index contributed by atoms with van der Waals surface area (Å²) >= 11 is 0. The summed E-state index contributed by atoms with van der Waals surface area (Å²) in [5, 5.41) is 9.25. The van der Waals surface area contributed by atoms with Gasteiger partial charge in [0.2, 0.25) is 0 Å². The Morgan fingerprint density at radius 3 is 3.00 bits per heavy atom. The molecule has 0 radical (unpaired) electrons. The van der Waals surface area contributed by atoms with Crippen molar-refractivity contribution in [1.82, 2.24) is 4.90 Å². The van der Waals surface area contributed by atoms with Gasteiger partial charge in [0, 0.05) is 24.5 Å². The molecule has 70 valence electrons. The molecule has 0 spiro atoms. The van der Waals surface area contributed by atoms with Crippen LogP contribution in [0.4, 0.5) is 4.39 Å². The SMILES string of the molecule is CC1CC[C@]2(CO)C[C@@H](F)CN12. The van der Waals surface area contributed by atoms with E-state index in [4.69, 9.17) is 0 Å². The number of halogens is 1. The van der Waals surface area contributed by atoms with Crippen LogP contribution in [0.25, 0.3) is 0 Å². The molecule has 1 unspecified atom stereocenters. The number of nitrogens with zero attached hydrogens (tertiary/aromatic N) is 1. The minimum absolute atomic E-state index is 0.123. The Morgan fingerprint density at radius 1 is 1.67 bits per heavy atom. The van der Waals surface area contributed by atoms with Crippen molar-refractivity contribution in [1.29, 1.82) is 0 Å². The number of hydrogen-bond acceptors (Lipinski definition) is 2. The Balaban J connectivity index is 2.19. The Bertz CT molecular complexity index is 187. The number of aliphatic hydroxyl groups excluding tert-OH is 1. The van der Waals surface area contributed by atoms with E-state index in [1.165, 1.54) is 0 Å². The number of fused-ring (bicyclic) bond motifs is 1. The van der Waals surface area contributed by atoms with Gasteiger partial charge in [-0.15, -0.1) is 0 Å². The molecule has 2 aliphatic heterocycles. The summed E-state index contributed by atoms with van der Waals surface area (Å²) in [5.74, 6) is 0. The van der Waals surface area contributed by atoms with Gasteiger partial charge in [0.25, 0.3) is 0 Å². The Labute approximate surface area is 72.4 Å². The van der Waals surface area contributed by atoms with Gasteiger partial charge in [-0.25, -0.2) is 4.39 Å². The molecule has 0 aromatic heterocycles. The van der Waals surface area contributed by atoms with Crippen molar-refractivity contribution in [2.45, 2.75) is 43.9 Å². The summed E-state index contributed by atoms with van der Waals surface area (Å²) in [5.41, 5.74) is -0.196. The van der Waals surface area contributed by atoms with Crippen LogP contribution in [0.2, 0.25) is 0 Å². The summed E-state index contributed by atoms with van der Waals surface area (Å²) in [6, 6.07) is 0.456. The van der Waals surface area contributed by atoms with Crippen LogP contribution in [0, 0.1) is 0 Å². The predicted octanol–water partition coefficient (Wildman–Crippen LogP) is 0.944. The number of hydrogen-bond donors (Lipinski definition) is 1. The highest BCUT2D eigenvalue weighted by atomic mass is 19.1. The van der Waals surface area contributed by atoms with Crippen LogP contribution in [0.5, 0.6) is 0 Å². The molecule has 12 heavy (non-hydrogen) atoms. The summed E-state index contributed by atoms with van der Waals surface area (Å²) in [6.45, 7) is 2.77. The van der Waals surface area contributed by atoms with Gasteiger partial charge in [0.05, 0.1) is 6.61 Å². The summed E-state index contributed by atoms with van der Waals surface area (Å²) in [6.07, 6.45) is 1.88. The monoisotopic (exact) mass is 173 g/mol. The lowest BCUT2D eigenvalue weighted by molar-refractivity contribution is 0.0818. The molecule has 3 heteroatoms. The van der Waals surface area contributed by atoms with Crippen molar-refractivity contribution in [3.63, 3.8) is 0 Å². The molecule has 0 aliphatic carbocycles. The zero-order valence-corrected chi connectivity index (χ0v) is 7.46. The van der Waals surface area contributed by atoms with Crippen molar-refractivity contribution in [3.8, 4) is 0 Å². The Hall–Kier alpha value is -0.150. The molecule has 0 amide bonds. The van der Waals surface area contributed by atoms with E-state index in [0.717, 1.165) is 12.8 Å². The van der Waals surface area contributed by atoms with Crippen molar-refractivity contribution in [2.24, 2.45) is 0 Å². The summed E-state index contributed by atoms with van der Waals surface area (Å²) in [7, 11) is 0. The van der Waals surface area contributed by atoms with Gasteiger partial charge in [-0.1, -0.05) is 0 Å². The molecule has 1 N–H and O–H groups in total. The first-order valence-corrected chi connectivity index (χ1v) is 4.70. The molecule has 2 rings (SSSR count). The van der Waals surface area contributed by atoms with Gasteiger partial charge in [-0.05, 0) is 19.8 Å². The zero-order valence-electron chi connectivity index (χ0n) is 7.46. The molecule has 2 heterocycles. The smallest absolute Gasteiger partial charge is 0.115 e. The third-order valence-corrected chi connectivity index (χ3v) is 3.46. The molecule has 3 atom stereocenters. The maximum atomic E-state index is 13.1. The van der Waals surface area contributed by atoms with Crippen LogP contribution in [0.3, 0.4) is 0 Å². The van der Waals surface area contributed by atoms with E-state index >= 15 is 0 Å². The predicted molar refractivity (Wildman–Crippen MR) is 44.7 cm³/mol. The van der Waals surface area contributed by atoms with Crippen LogP contribution in [0.1, 0.15) is 26.2 Å². The largest absolute Gasteiger partial charge is 0.394 e. The van der Waals surface area contributed by atoms with E-state index in [-0.39, 0.29) is 12.1 Å². The second kappa shape index (κ2) is 2.67. The average Bonchev–Trinajstić information content (AvgIpc) is 2.51. The molecule has 0 saturated carbocycles. The lowest BCUT2D eigenvalue weighted by Crippen LogP contribution is -2.44. The second-order valence-corrected chi connectivity index (χ2v) is 4.22. The lowest BCUT2D eigenvalue weighted by atomic mass is 9.95. The van der Waals surface area contributed by atoms with Crippen LogP contribution < -0.4 is 0 Å². The number of alkyl halides is 1. The van der Waals surface area contributed by atoms with Crippen molar-refractivity contribution < 1.29 is 9.50 Å². The fourth-order valence-electron chi connectivity index (χ4n) is 2.76. The third-order valence-electron chi connectivity index (χ3n) is 3.46. The maximum Gasteiger partial charge on any atom is 0.115 e. The van der Waals surface area contributed by atoms with Gasteiger partial charge in [-0.3, -0.25) is 4.90 Å². The molecule has 2 saturated heterocycles. The lowest BCUT2D eigenvalue weighted by Gasteiger charge is -2.31. The molecular weight excluding hydrogens is 157 g/mol. The molecule has 2 aliphatic rings. The number of rotatable bonds is 1. The molecule has 0 aromatic carbocycles. The van der Waals surface area contributed by atoms with E-state index in [2.05, 4.69) is 11.8 Å². The van der Waals surface area contributed by atoms with E-state index < -0.39 is 6.17 Å². The van der Waals surface area contributed by atoms with Crippen molar-refractivity contribution in [2.75, 3.05) is 13.2 Å². The third kappa shape index (κ3) is 0.995. The zero-order chi connectivity index (χ0) is 8.77. The van der Waals surface area contributed by atoms with Crippen molar-refractivity contribution >= 4 is 0 Å². The highest BCUT2D eigenvalue weighted by molar-refractivity contribution is 5.05. The topological polar surface area (TPSA) is 23.5 Å². The first-order chi connectivity index (χ1) is 5.68. The van der Waals surface area contributed by atoms with Gasteiger partial charge in [-0.2, -0.15) is 0 Å². The molecular formula is C9H16FNO. The van der Waals surface area contributed by atoms with Crippen molar-refractivity contribution in [3.05, 3.63) is 0 Å². The van der Waals surface area contributed by atoms with E-state index in [0.29, 0.717) is 19.0 Å². The molecule has 2 nitrogen and oxygen atoms in total. The van der Waals surface area contributed by atoms with Gasteiger partial charge < -0.3 is 5.11 Å². The first-order valence-electron chi connectivity index (χ1n) is 4.70. The van der Waals surface area contributed by atoms with Crippen LogP contribution in [0.15, 0.2) is 0 Å². The Kier molecular flexibility index (Phi) is 1.88. The van der Waals surface area contributed by atoms with E-state index in [9.17, 15) is 9.50 Å². The molecule has 2 fully saturated rings. The first kappa shape index (κ1) is 8.45. The van der Waals surface area contributed by atoms with Crippen LogP contribution in [-0.4, -0.2) is 40.9 Å². The quantitative estimate of drug-likeness (QED) is 0.638. The standard InChI is InChI=1S/C9H16FNO/c1-7-2-3-9(6-12)4-8(10)5-11(7)9/h7-8,12H,2-6H2,1H3/t7?,8-,9-/m1/s1. The highest BCUT2D eigenvalue weighted by Gasteiger charge is 2.50. The maximum absolute atomic E-state index is 13.1. The summed E-state index contributed by atoms with van der Waals surface area (Å²) < 4.78 is 13.1. The molecule has 0 bridgehead atoms. The van der Waals surface area contributed by atoms with E-state index in [1.54, 1.807) is 0 Å². The molecule has 0 aromatic rings. The second-order valence-electron chi connectivity index (χ2n) is 4.22. The number of aliphatic hydroxyl groups is 1. The Morgan fingerprint density at radius 2 is 2.42 bits per heavy atom. The fraction of sp³-hybridized carbons (Fsp3) is 1.00. The van der Waals surface area contributed by atoms with Crippen LogP contribution >= 0.6 is 0 Å². The fourth-order valence-corrected chi connectivity index (χ4v) is 2.76.